The Kier molecular flexibility index (Phi) is 5.63. The summed E-state index contributed by atoms with van der Waals surface area (Å²) in [5.41, 5.74) is 4.20. The Bertz CT molecular complexity index is 902. The number of hydrogen-bond donors (Lipinski definition) is 3. The third-order valence-electron chi connectivity index (χ3n) is 5.41. The van der Waals surface area contributed by atoms with E-state index >= 15 is 4.39 Å². The molecule has 0 radical (unpaired) electrons. The van der Waals surface area contributed by atoms with Crippen LogP contribution < -0.4 is 11.1 Å². The van der Waals surface area contributed by atoms with E-state index in [0.29, 0.717) is 11.3 Å². The van der Waals surface area contributed by atoms with Gasteiger partial charge in [-0.3, -0.25) is 9.36 Å². The average molecular weight is 410 g/mol. The number of aromatic nitrogens is 4. The van der Waals surface area contributed by atoms with E-state index < -0.39 is 30.1 Å². The minimum absolute atomic E-state index is 0.0177. The summed E-state index contributed by atoms with van der Waals surface area (Å²) < 4.78 is 27.8. The van der Waals surface area contributed by atoms with Gasteiger partial charge in [-0.2, -0.15) is 9.97 Å². The van der Waals surface area contributed by atoms with Gasteiger partial charge in [0.25, 0.3) is 0 Å². The lowest BCUT2D eigenvalue weighted by Crippen LogP contribution is -2.41. The zero-order chi connectivity index (χ0) is 21.5. The number of anilines is 2. The lowest BCUT2D eigenvalue weighted by molar-refractivity contribution is -0.155. The minimum Gasteiger partial charge on any atom is -0.463 e. The van der Waals surface area contributed by atoms with E-state index in [1.165, 1.54) is 17.8 Å². The highest BCUT2D eigenvalue weighted by Crippen LogP contribution is 2.42. The van der Waals surface area contributed by atoms with Gasteiger partial charge in [0.2, 0.25) is 5.95 Å². The number of nitrogen functional groups attached to an aromatic ring is 1. The molecule has 0 amide bonds. The number of hydrogen-bond acceptors (Lipinski definition) is 9. The van der Waals surface area contributed by atoms with Crippen LogP contribution in [0.3, 0.4) is 0 Å². The molecular formula is C18H27FN6O4. The molecule has 3 rings (SSSR count). The summed E-state index contributed by atoms with van der Waals surface area (Å²) in [6.07, 6.45) is -2.45. The first kappa shape index (κ1) is 21.2. The fraction of sp³-hybridized carbons (Fsp3) is 0.667. The smallest absolute Gasteiger partial charge is 0.309 e. The maximum atomic E-state index is 15.5. The molecule has 2 aromatic heterocycles. The average Bonchev–Trinajstić information content (AvgIpc) is 3.17. The Morgan fingerprint density at radius 1 is 1.48 bits per heavy atom. The van der Waals surface area contributed by atoms with Crippen LogP contribution in [0, 0.1) is 11.8 Å². The largest absolute Gasteiger partial charge is 0.463 e. The summed E-state index contributed by atoms with van der Waals surface area (Å²) in [6.45, 7) is 6.51. The number of imidazole rings is 1. The van der Waals surface area contributed by atoms with Gasteiger partial charge in [0.1, 0.15) is 18.8 Å². The molecular weight excluding hydrogens is 383 g/mol. The molecule has 160 valence electrons. The molecule has 0 aromatic carbocycles. The van der Waals surface area contributed by atoms with Crippen molar-refractivity contribution in [3.05, 3.63) is 6.33 Å². The van der Waals surface area contributed by atoms with E-state index in [9.17, 15) is 9.90 Å². The van der Waals surface area contributed by atoms with Crippen molar-refractivity contribution in [2.75, 3.05) is 24.7 Å². The van der Waals surface area contributed by atoms with Gasteiger partial charge in [0.15, 0.2) is 28.9 Å². The molecule has 0 spiro atoms. The molecule has 0 unspecified atom stereocenters. The Labute approximate surface area is 167 Å². The Morgan fingerprint density at radius 3 is 2.79 bits per heavy atom. The quantitative estimate of drug-likeness (QED) is 0.601. The van der Waals surface area contributed by atoms with Crippen molar-refractivity contribution in [2.24, 2.45) is 11.8 Å². The van der Waals surface area contributed by atoms with Crippen molar-refractivity contribution in [2.45, 2.75) is 51.8 Å². The summed E-state index contributed by atoms with van der Waals surface area (Å²) in [7, 11) is 1.65. The molecule has 1 aliphatic rings. The molecule has 2 aromatic rings. The van der Waals surface area contributed by atoms with Crippen LogP contribution in [-0.4, -0.2) is 62.1 Å². The van der Waals surface area contributed by atoms with Gasteiger partial charge in [-0.1, -0.05) is 20.8 Å². The number of nitrogens with zero attached hydrogens (tertiary/aromatic N) is 4. The highest BCUT2D eigenvalue weighted by Gasteiger charge is 2.55. The number of rotatable bonds is 6. The summed E-state index contributed by atoms with van der Waals surface area (Å²) in [5, 5.41) is 13.3. The van der Waals surface area contributed by atoms with Crippen molar-refractivity contribution in [1.82, 2.24) is 19.5 Å². The maximum absolute atomic E-state index is 15.5. The molecule has 10 nitrogen and oxygen atoms in total. The van der Waals surface area contributed by atoms with Crippen LogP contribution in [0.4, 0.5) is 16.2 Å². The zero-order valence-corrected chi connectivity index (χ0v) is 17.1. The van der Waals surface area contributed by atoms with Crippen LogP contribution in [-0.2, 0) is 14.3 Å². The van der Waals surface area contributed by atoms with Gasteiger partial charge in [0.05, 0.1) is 12.2 Å². The molecule has 4 N–H and O–H groups in total. The van der Waals surface area contributed by atoms with Crippen LogP contribution in [0.25, 0.3) is 11.2 Å². The number of nitrogens with one attached hydrogen (secondary N) is 1. The van der Waals surface area contributed by atoms with Gasteiger partial charge >= 0.3 is 5.97 Å². The fourth-order valence-electron chi connectivity index (χ4n) is 3.20. The zero-order valence-electron chi connectivity index (χ0n) is 17.1. The first-order valence-corrected chi connectivity index (χ1v) is 9.44. The highest BCUT2D eigenvalue weighted by atomic mass is 19.1. The number of ether oxygens (including phenoxy) is 2. The van der Waals surface area contributed by atoms with E-state index in [2.05, 4.69) is 20.3 Å². The normalized spacial score (nSPS) is 28.1. The van der Waals surface area contributed by atoms with Gasteiger partial charge in [-0.15, -0.1) is 0 Å². The first-order chi connectivity index (χ1) is 13.6. The highest BCUT2D eigenvalue weighted by molar-refractivity contribution is 5.84. The monoisotopic (exact) mass is 410 g/mol. The lowest BCUT2D eigenvalue weighted by Gasteiger charge is -2.24. The third kappa shape index (κ3) is 3.71. The predicted octanol–water partition coefficient (Wildman–Crippen LogP) is 1.27. The van der Waals surface area contributed by atoms with Crippen molar-refractivity contribution < 1.29 is 23.8 Å². The molecule has 1 saturated heterocycles. The van der Waals surface area contributed by atoms with Crippen molar-refractivity contribution in [1.29, 1.82) is 0 Å². The van der Waals surface area contributed by atoms with Gasteiger partial charge < -0.3 is 25.6 Å². The van der Waals surface area contributed by atoms with E-state index in [1.54, 1.807) is 14.0 Å². The van der Waals surface area contributed by atoms with Crippen LogP contribution in [0.1, 0.15) is 33.9 Å². The van der Waals surface area contributed by atoms with Crippen LogP contribution in [0.15, 0.2) is 6.33 Å². The number of carbonyl (C=O) groups is 1. The van der Waals surface area contributed by atoms with E-state index in [-0.39, 0.29) is 30.0 Å². The minimum atomic E-state index is -2.19. The van der Waals surface area contributed by atoms with Crippen molar-refractivity contribution in [3.8, 4) is 0 Å². The van der Waals surface area contributed by atoms with E-state index in [4.69, 9.17) is 15.2 Å². The number of alkyl halides is 1. The maximum Gasteiger partial charge on any atom is 0.309 e. The predicted molar refractivity (Wildman–Crippen MR) is 104 cm³/mol. The van der Waals surface area contributed by atoms with Gasteiger partial charge in [-0.25, -0.2) is 9.37 Å². The summed E-state index contributed by atoms with van der Waals surface area (Å²) in [6, 6.07) is 0. The Hall–Kier alpha value is -2.53. The fourth-order valence-corrected chi connectivity index (χ4v) is 3.20. The first-order valence-electron chi connectivity index (χ1n) is 9.44. The molecule has 5 atom stereocenters. The van der Waals surface area contributed by atoms with E-state index in [0.717, 1.165) is 0 Å². The number of esters is 1. The lowest BCUT2D eigenvalue weighted by atomic mass is 9.98. The number of carbonyl (C=O) groups excluding carboxylic acids is 1. The van der Waals surface area contributed by atoms with Crippen LogP contribution in [0.5, 0.6) is 0 Å². The van der Waals surface area contributed by atoms with Crippen LogP contribution >= 0.6 is 0 Å². The molecule has 0 aliphatic carbocycles. The third-order valence-corrected chi connectivity index (χ3v) is 5.41. The number of aliphatic hydroxyl groups is 1. The topological polar surface area (TPSA) is 137 Å². The SMILES string of the molecule is CNc1nc(N)nc2c1ncn2[C@@H]1O[C@H](COC(=O)[C@@H](C)C(C)C)[C@@H](O)[C@@]1(C)F. The number of nitrogens with two attached hydrogens (primary N) is 1. The summed E-state index contributed by atoms with van der Waals surface area (Å²) >= 11 is 0. The van der Waals surface area contributed by atoms with Crippen molar-refractivity contribution >= 4 is 28.9 Å². The molecule has 11 heteroatoms. The molecule has 3 heterocycles. The molecule has 1 fully saturated rings. The Balaban J connectivity index is 1.85. The van der Waals surface area contributed by atoms with E-state index in [1.807, 2.05) is 13.8 Å². The second kappa shape index (κ2) is 7.71. The second-order valence-electron chi connectivity index (χ2n) is 7.79. The molecule has 1 aliphatic heterocycles. The number of aliphatic hydroxyl groups excluding tert-OH is 1. The van der Waals surface area contributed by atoms with Crippen molar-refractivity contribution in [3.63, 3.8) is 0 Å². The summed E-state index contributed by atoms with van der Waals surface area (Å²) in [4.78, 5) is 24.5. The van der Waals surface area contributed by atoms with Gasteiger partial charge in [-0.05, 0) is 12.8 Å². The van der Waals surface area contributed by atoms with Gasteiger partial charge in [0, 0.05) is 7.05 Å². The number of halogens is 1. The number of fused-ring (bicyclic) bond motifs is 1. The Morgan fingerprint density at radius 2 is 2.17 bits per heavy atom. The van der Waals surface area contributed by atoms with Crippen LogP contribution in [0.2, 0.25) is 0 Å². The molecule has 0 saturated carbocycles. The summed E-state index contributed by atoms with van der Waals surface area (Å²) in [5.74, 6) is -0.278. The second-order valence-corrected chi connectivity index (χ2v) is 7.79. The molecule has 29 heavy (non-hydrogen) atoms. The standard InChI is InChI=1S/C18H27FN6O4/c1-8(2)9(3)15(27)28-6-10-12(26)18(4,19)16(29-10)25-7-22-11-13(21-5)23-17(20)24-14(11)25/h7-10,12,16,26H,6H2,1-5H3,(H3,20,21,23,24)/t9-,10+,12+,16+,18+/m0/s1. The molecule has 0 bridgehead atoms.